The fraction of sp³-hybridized carbons (Fsp3) is 0.706. The smallest absolute Gasteiger partial charge is 0.215 e. The molecule has 0 amide bonds. The molecule has 0 unspecified atom stereocenters. The van der Waals surface area contributed by atoms with Gasteiger partial charge in [-0.2, -0.15) is 0 Å². The summed E-state index contributed by atoms with van der Waals surface area (Å²) in [6, 6.07) is 0.706. The maximum absolute atomic E-state index is 6.13. The predicted molar refractivity (Wildman–Crippen MR) is 85.2 cm³/mol. The van der Waals surface area contributed by atoms with E-state index in [2.05, 4.69) is 36.6 Å². The zero-order valence-corrected chi connectivity index (χ0v) is 13.2. The molecule has 0 spiro atoms. The topological polar surface area (TPSA) is 24.8 Å². The predicted octanol–water partition coefficient (Wildman–Crippen LogP) is 3.57. The highest BCUT2D eigenvalue weighted by Gasteiger charge is 2.25. The van der Waals surface area contributed by atoms with Crippen molar-refractivity contribution in [2.45, 2.75) is 57.1 Å². The quantitative estimate of drug-likeness (QED) is 0.579. The second-order valence-electron chi connectivity index (χ2n) is 6.14. The first kappa shape index (κ1) is 15.3. The number of aliphatic imine (C=N–C) groups is 1. The van der Waals surface area contributed by atoms with E-state index < -0.39 is 0 Å². The molecule has 20 heavy (non-hydrogen) atoms. The Labute approximate surface area is 123 Å². The molecule has 112 valence electrons. The third kappa shape index (κ3) is 3.72. The molecule has 0 atom stereocenters. The van der Waals surface area contributed by atoms with Gasteiger partial charge >= 0.3 is 0 Å². The van der Waals surface area contributed by atoms with Crippen molar-refractivity contribution in [2.75, 3.05) is 21.1 Å². The molecule has 0 aromatic carbocycles. The first-order valence-electron chi connectivity index (χ1n) is 7.80. The lowest BCUT2D eigenvalue weighted by molar-refractivity contribution is 0.103. The average molecular weight is 276 g/mol. The molecule has 0 saturated heterocycles. The Morgan fingerprint density at radius 1 is 1.30 bits per heavy atom. The first-order chi connectivity index (χ1) is 9.61. The molecule has 0 aromatic rings. The second-order valence-corrected chi connectivity index (χ2v) is 6.14. The Bertz CT molecular complexity index is 401. The minimum absolute atomic E-state index is 0.309. The fourth-order valence-electron chi connectivity index (χ4n) is 3.18. The van der Waals surface area contributed by atoms with Crippen molar-refractivity contribution in [2.24, 2.45) is 4.99 Å². The lowest BCUT2D eigenvalue weighted by atomic mass is 9.92. The maximum Gasteiger partial charge on any atom is 0.215 e. The molecular formula is C17H28N2O. The number of ether oxygens (including phenoxy) is 1. The molecule has 0 heterocycles. The van der Waals surface area contributed by atoms with Gasteiger partial charge in [-0.3, -0.25) is 4.99 Å². The van der Waals surface area contributed by atoms with Crippen LogP contribution >= 0.6 is 0 Å². The van der Waals surface area contributed by atoms with Gasteiger partial charge in [0.15, 0.2) is 0 Å². The van der Waals surface area contributed by atoms with Crippen molar-refractivity contribution in [3.8, 4) is 0 Å². The van der Waals surface area contributed by atoms with Crippen LogP contribution < -0.4 is 0 Å². The summed E-state index contributed by atoms with van der Waals surface area (Å²) in [5.41, 5.74) is 2.33. The van der Waals surface area contributed by atoms with E-state index in [1.807, 2.05) is 7.05 Å². The van der Waals surface area contributed by atoms with Gasteiger partial charge in [0.05, 0.1) is 0 Å². The van der Waals surface area contributed by atoms with E-state index in [0.717, 1.165) is 30.7 Å². The maximum atomic E-state index is 6.13. The molecule has 3 heteroatoms. The van der Waals surface area contributed by atoms with Crippen LogP contribution in [-0.2, 0) is 4.74 Å². The van der Waals surface area contributed by atoms with Crippen LogP contribution in [0.3, 0.4) is 0 Å². The number of hydrogen-bond acceptors (Lipinski definition) is 3. The van der Waals surface area contributed by atoms with Crippen molar-refractivity contribution < 1.29 is 4.74 Å². The molecule has 1 fully saturated rings. The highest BCUT2D eigenvalue weighted by Crippen LogP contribution is 2.28. The van der Waals surface area contributed by atoms with Gasteiger partial charge in [-0.1, -0.05) is 12.7 Å². The molecule has 2 aliphatic rings. The van der Waals surface area contributed by atoms with Crippen LogP contribution in [0.2, 0.25) is 0 Å². The van der Waals surface area contributed by atoms with Gasteiger partial charge in [-0.05, 0) is 64.6 Å². The Morgan fingerprint density at radius 3 is 2.50 bits per heavy atom. The number of rotatable bonds is 4. The van der Waals surface area contributed by atoms with E-state index in [4.69, 9.17) is 4.74 Å². The Kier molecular flexibility index (Phi) is 5.41. The SMILES string of the molecule is C=C(C1=CCCC1)/C(=N\C)O[C@H]1CC[C@H](N(C)C)CC1. The largest absolute Gasteiger partial charge is 0.474 e. The average Bonchev–Trinajstić information content (AvgIpc) is 2.98. The van der Waals surface area contributed by atoms with E-state index in [-0.39, 0.29) is 0 Å². The number of nitrogens with zero attached hydrogens (tertiary/aromatic N) is 2. The summed E-state index contributed by atoms with van der Waals surface area (Å²) < 4.78 is 6.13. The molecule has 0 aromatic heterocycles. The first-order valence-corrected chi connectivity index (χ1v) is 7.80. The molecule has 0 bridgehead atoms. The van der Waals surface area contributed by atoms with E-state index in [0.29, 0.717) is 12.1 Å². The Morgan fingerprint density at radius 2 is 2.00 bits per heavy atom. The van der Waals surface area contributed by atoms with E-state index in [9.17, 15) is 0 Å². The van der Waals surface area contributed by atoms with Gasteiger partial charge in [0.2, 0.25) is 5.90 Å². The van der Waals surface area contributed by atoms with Crippen LogP contribution in [0.5, 0.6) is 0 Å². The number of allylic oxidation sites excluding steroid dienone is 1. The summed E-state index contributed by atoms with van der Waals surface area (Å²) in [6.07, 6.45) is 10.8. The molecule has 2 aliphatic carbocycles. The lowest BCUT2D eigenvalue weighted by Crippen LogP contribution is -2.35. The van der Waals surface area contributed by atoms with Crippen molar-refractivity contribution in [3.05, 3.63) is 23.8 Å². The van der Waals surface area contributed by atoms with Crippen molar-refractivity contribution in [1.29, 1.82) is 0 Å². The van der Waals surface area contributed by atoms with Crippen LogP contribution in [-0.4, -0.2) is 44.1 Å². The van der Waals surface area contributed by atoms with Crippen LogP contribution in [0.4, 0.5) is 0 Å². The van der Waals surface area contributed by atoms with E-state index in [1.54, 1.807) is 0 Å². The summed E-state index contributed by atoms with van der Waals surface area (Å²) in [5, 5.41) is 0. The van der Waals surface area contributed by atoms with Gasteiger partial charge in [-0.15, -0.1) is 0 Å². The summed E-state index contributed by atoms with van der Waals surface area (Å²) >= 11 is 0. The summed E-state index contributed by atoms with van der Waals surface area (Å²) in [4.78, 5) is 6.65. The van der Waals surface area contributed by atoms with Crippen molar-refractivity contribution in [1.82, 2.24) is 4.90 Å². The summed E-state index contributed by atoms with van der Waals surface area (Å²) in [6.45, 7) is 4.18. The molecule has 0 aliphatic heterocycles. The third-order valence-corrected chi connectivity index (χ3v) is 4.54. The van der Waals surface area contributed by atoms with Crippen LogP contribution in [0, 0.1) is 0 Å². The van der Waals surface area contributed by atoms with E-state index >= 15 is 0 Å². The summed E-state index contributed by atoms with van der Waals surface area (Å²) in [5.74, 6) is 0.756. The van der Waals surface area contributed by atoms with Crippen LogP contribution in [0.15, 0.2) is 28.8 Å². The van der Waals surface area contributed by atoms with Gasteiger partial charge in [-0.25, -0.2) is 0 Å². The van der Waals surface area contributed by atoms with Gasteiger partial charge in [0.25, 0.3) is 0 Å². The molecule has 3 nitrogen and oxygen atoms in total. The monoisotopic (exact) mass is 276 g/mol. The number of hydrogen-bond donors (Lipinski definition) is 0. The van der Waals surface area contributed by atoms with Gasteiger partial charge in [0, 0.05) is 18.7 Å². The molecule has 2 rings (SSSR count). The Hall–Kier alpha value is -1.09. The highest BCUT2D eigenvalue weighted by atomic mass is 16.5. The van der Waals surface area contributed by atoms with Crippen molar-refractivity contribution >= 4 is 5.90 Å². The summed E-state index contributed by atoms with van der Waals surface area (Å²) in [7, 11) is 6.14. The normalized spacial score (nSPS) is 27.6. The molecule has 1 saturated carbocycles. The minimum atomic E-state index is 0.309. The molecule has 0 N–H and O–H groups in total. The second kappa shape index (κ2) is 7.07. The van der Waals surface area contributed by atoms with Crippen LogP contribution in [0.1, 0.15) is 44.9 Å². The van der Waals surface area contributed by atoms with Crippen LogP contribution in [0.25, 0.3) is 0 Å². The zero-order valence-electron chi connectivity index (χ0n) is 13.2. The highest BCUT2D eigenvalue weighted by molar-refractivity contribution is 5.97. The molecule has 0 radical (unpaired) electrons. The van der Waals surface area contributed by atoms with Crippen molar-refractivity contribution in [3.63, 3.8) is 0 Å². The Balaban J connectivity index is 1.87. The standard InChI is InChI=1S/C17H28N2O/c1-13(14-7-5-6-8-14)17(18-2)20-16-11-9-15(10-12-16)19(3)4/h7,15-16H,1,5-6,8-12H2,2-4H3/b18-17+/t15-,16-. The van der Waals surface area contributed by atoms with Gasteiger partial charge < -0.3 is 9.64 Å². The fourth-order valence-corrected chi connectivity index (χ4v) is 3.18. The molecular weight excluding hydrogens is 248 g/mol. The zero-order chi connectivity index (χ0) is 14.5. The lowest BCUT2D eigenvalue weighted by Gasteiger charge is -2.33. The van der Waals surface area contributed by atoms with E-state index in [1.165, 1.54) is 31.3 Å². The van der Waals surface area contributed by atoms with Gasteiger partial charge in [0.1, 0.15) is 6.10 Å². The third-order valence-electron chi connectivity index (χ3n) is 4.54. The minimum Gasteiger partial charge on any atom is -0.474 e.